The lowest BCUT2D eigenvalue weighted by atomic mass is 9.84. The maximum Gasteiger partial charge on any atom is 0.234 e. The van der Waals surface area contributed by atoms with E-state index in [-0.39, 0.29) is 18.4 Å². The molecule has 2 fully saturated rings. The van der Waals surface area contributed by atoms with E-state index in [2.05, 4.69) is 34.2 Å². The number of nitrogens with one attached hydrogen (secondary N) is 1. The van der Waals surface area contributed by atoms with Gasteiger partial charge in [-0.1, -0.05) is 11.6 Å². The third-order valence-electron chi connectivity index (χ3n) is 6.07. The minimum absolute atomic E-state index is 0.0271. The fourth-order valence-corrected chi connectivity index (χ4v) is 4.72. The molecule has 1 saturated carbocycles. The summed E-state index contributed by atoms with van der Waals surface area (Å²) in [7, 11) is 0. The third-order valence-corrected chi connectivity index (χ3v) is 6.29. The predicted octanol–water partition coefficient (Wildman–Crippen LogP) is 3.75. The van der Waals surface area contributed by atoms with Crippen molar-refractivity contribution in [3.05, 3.63) is 28.8 Å². The van der Waals surface area contributed by atoms with E-state index in [0.29, 0.717) is 0 Å². The SMILES string of the molecule is Cc1cc(Cl)cc(N2CCN(CCC3CCC(NC(=O)CC#N)CC3)CC2)c1. The van der Waals surface area contributed by atoms with E-state index in [1.165, 1.54) is 37.1 Å². The monoisotopic (exact) mass is 402 g/mol. The van der Waals surface area contributed by atoms with Crippen LogP contribution in [0.4, 0.5) is 5.69 Å². The van der Waals surface area contributed by atoms with Crippen molar-refractivity contribution < 1.29 is 4.79 Å². The Labute approximate surface area is 173 Å². The summed E-state index contributed by atoms with van der Waals surface area (Å²) >= 11 is 6.21. The van der Waals surface area contributed by atoms with E-state index in [1.54, 1.807) is 0 Å². The van der Waals surface area contributed by atoms with E-state index in [4.69, 9.17) is 16.9 Å². The van der Waals surface area contributed by atoms with E-state index in [0.717, 1.165) is 50.0 Å². The van der Waals surface area contributed by atoms with Gasteiger partial charge in [0, 0.05) is 42.9 Å². The highest BCUT2D eigenvalue weighted by Gasteiger charge is 2.24. The molecule has 3 rings (SSSR count). The highest BCUT2D eigenvalue weighted by Crippen LogP contribution is 2.28. The van der Waals surface area contributed by atoms with Crippen LogP contribution in [0, 0.1) is 24.2 Å². The molecule has 0 bridgehead atoms. The van der Waals surface area contributed by atoms with Crippen molar-refractivity contribution in [2.45, 2.75) is 51.5 Å². The first-order valence-electron chi connectivity index (χ1n) is 10.4. The molecule has 6 heteroatoms. The summed E-state index contributed by atoms with van der Waals surface area (Å²) in [5, 5.41) is 12.4. The van der Waals surface area contributed by atoms with E-state index in [9.17, 15) is 4.79 Å². The van der Waals surface area contributed by atoms with Crippen molar-refractivity contribution in [2.75, 3.05) is 37.6 Å². The van der Waals surface area contributed by atoms with E-state index >= 15 is 0 Å². The number of carbonyl (C=O) groups is 1. The average molecular weight is 403 g/mol. The molecular formula is C22H31ClN4O. The number of aryl methyl sites for hydroxylation is 1. The molecule has 0 unspecified atom stereocenters. The van der Waals surface area contributed by atoms with Crippen LogP contribution in [-0.2, 0) is 4.79 Å². The molecule has 1 N–H and O–H groups in total. The first-order chi connectivity index (χ1) is 13.5. The summed E-state index contributed by atoms with van der Waals surface area (Å²) in [5.41, 5.74) is 2.45. The standard InChI is InChI=1S/C22H31ClN4O/c1-17-14-19(23)16-21(15-17)27-12-10-26(11-13-27)9-7-18-2-4-20(5-3-18)25-22(28)6-8-24/h14-16,18,20H,2-7,9-13H2,1H3,(H,25,28). The van der Waals surface area contributed by atoms with Gasteiger partial charge >= 0.3 is 0 Å². The number of piperazine rings is 1. The van der Waals surface area contributed by atoms with Crippen molar-refractivity contribution >= 4 is 23.2 Å². The quantitative estimate of drug-likeness (QED) is 0.787. The first kappa shape index (κ1) is 21.0. The van der Waals surface area contributed by atoms with Gasteiger partial charge in [0.25, 0.3) is 0 Å². The normalized spacial score (nSPS) is 23.2. The molecular weight excluding hydrogens is 372 g/mol. The molecule has 1 heterocycles. The lowest BCUT2D eigenvalue weighted by Crippen LogP contribution is -2.47. The summed E-state index contributed by atoms with van der Waals surface area (Å²) in [6, 6.07) is 8.47. The Morgan fingerprint density at radius 1 is 1.18 bits per heavy atom. The first-order valence-corrected chi connectivity index (χ1v) is 10.8. The Kier molecular flexibility index (Phi) is 7.58. The van der Waals surface area contributed by atoms with Crippen molar-refractivity contribution in [1.29, 1.82) is 5.26 Å². The number of nitriles is 1. The van der Waals surface area contributed by atoms with Gasteiger partial charge in [0.05, 0.1) is 6.07 Å². The topological polar surface area (TPSA) is 59.4 Å². The van der Waals surface area contributed by atoms with Crippen LogP contribution < -0.4 is 10.2 Å². The molecule has 1 saturated heterocycles. The molecule has 2 aliphatic rings. The van der Waals surface area contributed by atoms with Crippen molar-refractivity contribution in [3.8, 4) is 6.07 Å². The van der Waals surface area contributed by atoms with Crippen molar-refractivity contribution in [1.82, 2.24) is 10.2 Å². The summed E-state index contributed by atoms with van der Waals surface area (Å²) in [6.45, 7) is 7.57. The van der Waals surface area contributed by atoms with Crippen molar-refractivity contribution in [2.24, 2.45) is 5.92 Å². The number of hydrogen-bond acceptors (Lipinski definition) is 4. The van der Waals surface area contributed by atoms with Crippen LogP contribution >= 0.6 is 11.6 Å². The van der Waals surface area contributed by atoms with Crippen LogP contribution in [0.1, 0.15) is 44.1 Å². The minimum atomic E-state index is -0.126. The summed E-state index contributed by atoms with van der Waals surface area (Å²) < 4.78 is 0. The molecule has 152 valence electrons. The fraction of sp³-hybridized carbons (Fsp3) is 0.636. The van der Waals surface area contributed by atoms with Gasteiger partial charge in [-0.05, 0) is 75.3 Å². The molecule has 1 aromatic rings. The van der Waals surface area contributed by atoms with Gasteiger partial charge in [-0.25, -0.2) is 0 Å². The molecule has 0 aromatic heterocycles. The Hall–Kier alpha value is -1.77. The summed E-state index contributed by atoms with van der Waals surface area (Å²) in [4.78, 5) is 16.6. The van der Waals surface area contributed by atoms with Crippen LogP contribution in [-0.4, -0.2) is 49.6 Å². The summed E-state index contributed by atoms with van der Waals surface area (Å²) in [5.74, 6) is 0.636. The number of rotatable bonds is 6. The van der Waals surface area contributed by atoms with Gasteiger partial charge in [0.1, 0.15) is 6.42 Å². The molecule has 28 heavy (non-hydrogen) atoms. The minimum Gasteiger partial charge on any atom is -0.369 e. The van der Waals surface area contributed by atoms with Crippen LogP contribution in [0.3, 0.4) is 0 Å². The largest absolute Gasteiger partial charge is 0.369 e. The van der Waals surface area contributed by atoms with Crippen LogP contribution in [0.25, 0.3) is 0 Å². The molecule has 1 amide bonds. The van der Waals surface area contributed by atoms with Crippen LogP contribution in [0.2, 0.25) is 5.02 Å². The number of nitrogens with zero attached hydrogens (tertiary/aromatic N) is 3. The molecule has 0 radical (unpaired) electrons. The Morgan fingerprint density at radius 2 is 1.89 bits per heavy atom. The zero-order chi connectivity index (χ0) is 19.9. The molecule has 1 aliphatic heterocycles. The highest BCUT2D eigenvalue weighted by molar-refractivity contribution is 6.30. The number of hydrogen-bond donors (Lipinski definition) is 1. The second-order valence-electron chi connectivity index (χ2n) is 8.22. The second kappa shape index (κ2) is 10.1. The predicted molar refractivity (Wildman–Crippen MR) is 114 cm³/mol. The number of carbonyl (C=O) groups excluding carboxylic acids is 1. The number of benzene rings is 1. The number of halogens is 1. The maximum atomic E-state index is 11.5. The Morgan fingerprint density at radius 3 is 2.54 bits per heavy atom. The average Bonchev–Trinajstić information content (AvgIpc) is 2.67. The Balaban J connectivity index is 1.35. The van der Waals surface area contributed by atoms with Gasteiger partial charge in [0.15, 0.2) is 0 Å². The lowest BCUT2D eigenvalue weighted by Gasteiger charge is -2.37. The van der Waals surface area contributed by atoms with Gasteiger partial charge in [-0.2, -0.15) is 5.26 Å². The van der Waals surface area contributed by atoms with Gasteiger partial charge in [0.2, 0.25) is 5.91 Å². The molecule has 1 aromatic carbocycles. The Bertz CT molecular complexity index is 681. The second-order valence-corrected chi connectivity index (χ2v) is 8.66. The van der Waals surface area contributed by atoms with Crippen LogP contribution in [0.15, 0.2) is 18.2 Å². The molecule has 0 spiro atoms. The number of amides is 1. The smallest absolute Gasteiger partial charge is 0.234 e. The zero-order valence-electron chi connectivity index (χ0n) is 16.8. The molecule has 0 atom stereocenters. The zero-order valence-corrected chi connectivity index (χ0v) is 17.5. The van der Waals surface area contributed by atoms with E-state index in [1.807, 2.05) is 12.1 Å². The molecule has 5 nitrogen and oxygen atoms in total. The van der Waals surface area contributed by atoms with Crippen molar-refractivity contribution in [3.63, 3.8) is 0 Å². The van der Waals surface area contributed by atoms with Crippen LogP contribution in [0.5, 0.6) is 0 Å². The fourth-order valence-electron chi connectivity index (χ4n) is 4.44. The van der Waals surface area contributed by atoms with Gasteiger partial charge in [-0.15, -0.1) is 0 Å². The summed E-state index contributed by atoms with van der Waals surface area (Å²) in [6.07, 6.45) is 5.67. The van der Waals surface area contributed by atoms with E-state index < -0.39 is 0 Å². The van der Waals surface area contributed by atoms with Gasteiger partial charge < -0.3 is 10.2 Å². The molecule has 1 aliphatic carbocycles. The third kappa shape index (κ3) is 6.12. The lowest BCUT2D eigenvalue weighted by molar-refractivity contribution is -0.121. The maximum absolute atomic E-state index is 11.5. The number of anilines is 1. The van der Waals surface area contributed by atoms with Gasteiger partial charge in [-0.3, -0.25) is 9.69 Å². The highest BCUT2D eigenvalue weighted by atomic mass is 35.5.